The molecule has 150 valence electrons. The molecule has 2 aromatic rings. The predicted molar refractivity (Wildman–Crippen MR) is 108 cm³/mol. The Kier molecular flexibility index (Phi) is 5.03. The van der Waals surface area contributed by atoms with Crippen molar-refractivity contribution in [2.24, 2.45) is 23.2 Å². The fraction of sp³-hybridized carbons (Fsp3) is 0.583. The Bertz CT molecular complexity index is 888. The van der Waals surface area contributed by atoms with Crippen molar-refractivity contribution in [3.8, 4) is 0 Å². The lowest BCUT2D eigenvalue weighted by atomic mass is 9.84. The summed E-state index contributed by atoms with van der Waals surface area (Å²) >= 11 is 0. The zero-order chi connectivity index (χ0) is 20.1. The second-order valence-corrected chi connectivity index (χ2v) is 10.1. The highest BCUT2D eigenvalue weighted by molar-refractivity contribution is 5.82. The Balaban J connectivity index is 1.48. The fourth-order valence-electron chi connectivity index (χ4n) is 5.66. The topological polar surface area (TPSA) is 50.2 Å². The van der Waals surface area contributed by atoms with E-state index in [0.29, 0.717) is 30.5 Å². The number of carbonyl (C=O) groups excluding carboxylic acids is 1. The van der Waals surface area contributed by atoms with Crippen LogP contribution in [0.15, 0.2) is 30.5 Å². The lowest BCUT2D eigenvalue weighted by Crippen LogP contribution is -2.21. The number of Topliss-reactive ketones (excluding diaryl/α,β-unsaturated/α-hetero) is 1. The average molecular weight is 384 g/mol. The largest absolute Gasteiger partial charge is 0.392 e. The van der Waals surface area contributed by atoms with Crippen molar-refractivity contribution in [2.75, 3.05) is 0 Å². The predicted octanol–water partition coefficient (Wildman–Crippen LogP) is 5.26. The van der Waals surface area contributed by atoms with E-state index in [9.17, 15) is 14.3 Å². The van der Waals surface area contributed by atoms with Crippen LogP contribution in [0, 0.1) is 29.0 Å². The molecule has 0 saturated heterocycles. The van der Waals surface area contributed by atoms with Gasteiger partial charge in [0.15, 0.2) is 0 Å². The maximum atomic E-state index is 13.8. The smallest absolute Gasteiger partial charge is 0.133 e. The molecule has 0 aliphatic heterocycles. The molecule has 4 heteroatoms. The maximum Gasteiger partial charge on any atom is 0.133 e. The Labute approximate surface area is 166 Å². The summed E-state index contributed by atoms with van der Waals surface area (Å²) in [5.41, 5.74) is 1.81. The molecule has 0 spiro atoms. The molecule has 4 rings (SSSR count). The molecule has 1 aromatic carbocycles. The number of rotatable bonds is 4. The number of ketones is 1. The summed E-state index contributed by atoms with van der Waals surface area (Å²) in [6.45, 7) is 6.31. The van der Waals surface area contributed by atoms with Gasteiger partial charge in [-0.2, -0.15) is 0 Å². The van der Waals surface area contributed by atoms with Gasteiger partial charge in [0, 0.05) is 30.3 Å². The summed E-state index contributed by atoms with van der Waals surface area (Å²) in [6, 6.07) is 6.60. The van der Waals surface area contributed by atoms with E-state index in [4.69, 9.17) is 0 Å². The van der Waals surface area contributed by atoms with E-state index in [0.717, 1.165) is 35.7 Å². The number of hydrogen-bond donors (Lipinski definition) is 1. The SMILES string of the molecule is CC(C)(C)CC(=O)C[C@@H]1C[C@@H]2C[C@H](c3ccnc4ccc(F)cc34)C(O)[C@@H]2C1. The van der Waals surface area contributed by atoms with Gasteiger partial charge in [-0.15, -0.1) is 0 Å². The molecule has 2 aliphatic rings. The van der Waals surface area contributed by atoms with Gasteiger partial charge in [-0.25, -0.2) is 4.39 Å². The zero-order valence-corrected chi connectivity index (χ0v) is 17.0. The van der Waals surface area contributed by atoms with Crippen molar-refractivity contribution in [3.63, 3.8) is 0 Å². The van der Waals surface area contributed by atoms with Crippen LogP contribution in [0.1, 0.15) is 64.4 Å². The van der Waals surface area contributed by atoms with E-state index >= 15 is 0 Å². The molecule has 0 radical (unpaired) electrons. The first-order valence-electron chi connectivity index (χ1n) is 10.5. The van der Waals surface area contributed by atoms with Crippen molar-refractivity contribution in [1.29, 1.82) is 0 Å². The second kappa shape index (κ2) is 7.22. The van der Waals surface area contributed by atoms with Crippen molar-refractivity contribution in [3.05, 3.63) is 41.8 Å². The lowest BCUT2D eigenvalue weighted by molar-refractivity contribution is -0.121. The van der Waals surface area contributed by atoms with Crippen LogP contribution in [0.25, 0.3) is 10.9 Å². The monoisotopic (exact) mass is 383 g/mol. The van der Waals surface area contributed by atoms with Crippen molar-refractivity contribution < 1.29 is 14.3 Å². The molecule has 1 unspecified atom stereocenters. The van der Waals surface area contributed by atoms with Gasteiger partial charge in [-0.1, -0.05) is 20.8 Å². The maximum absolute atomic E-state index is 13.8. The van der Waals surface area contributed by atoms with Gasteiger partial charge in [0.05, 0.1) is 11.6 Å². The molecule has 3 nitrogen and oxygen atoms in total. The molecule has 2 fully saturated rings. The normalized spacial score (nSPS) is 30.0. The molecule has 1 aromatic heterocycles. The molecule has 2 aliphatic carbocycles. The Morgan fingerprint density at radius 1 is 1.21 bits per heavy atom. The van der Waals surface area contributed by atoms with Gasteiger partial charge < -0.3 is 5.11 Å². The van der Waals surface area contributed by atoms with Crippen LogP contribution >= 0.6 is 0 Å². The molecular weight excluding hydrogens is 353 g/mol. The first-order chi connectivity index (χ1) is 13.2. The van der Waals surface area contributed by atoms with E-state index in [1.165, 1.54) is 12.1 Å². The first kappa shape index (κ1) is 19.5. The van der Waals surface area contributed by atoms with Crippen molar-refractivity contribution in [2.45, 2.75) is 64.9 Å². The lowest BCUT2D eigenvalue weighted by Gasteiger charge is -2.22. The Morgan fingerprint density at radius 3 is 2.71 bits per heavy atom. The summed E-state index contributed by atoms with van der Waals surface area (Å²) in [5, 5.41) is 11.9. The second-order valence-electron chi connectivity index (χ2n) is 10.1. The summed E-state index contributed by atoms with van der Waals surface area (Å²) in [4.78, 5) is 16.7. The van der Waals surface area contributed by atoms with Crippen molar-refractivity contribution in [1.82, 2.24) is 4.98 Å². The number of aliphatic hydroxyl groups excluding tert-OH is 1. The fourth-order valence-corrected chi connectivity index (χ4v) is 5.66. The summed E-state index contributed by atoms with van der Waals surface area (Å²) < 4.78 is 13.8. The number of aromatic nitrogens is 1. The number of pyridine rings is 1. The van der Waals surface area contributed by atoms with Gasteiger partial charge in [0.25, 0.3) is 0 Å². The molecule has 28 heavy (non-hydrogen) atoms. The van der Waals surface area contributed by atoms with Crippen LogP contribution in [0.2, 0.25) is 0 Å². The van der Waals surface area contributed by atoms with E-state index in [2.05, 4.69) is 25.8 Å². The molecule has 1 heterocycles. The number of hydrogen-bond acceptors (Lipinski definition) is 3. The number of carbonyl (C=O) groups is 1. The van der Waals surface area contributed by atoms with E-state index < -0.39 is 6.10 Å². The van der Waals surface area contributed by atoms with Crippen LogP contribution in [-0.4, -0.2) is 22.0 Å². The van der Waals surface area contributed by atoms with Gasteiger partial charge in [-0.05, 0) is 72.3 Å². The van der Waals surface area contributed by atoms with Crippen LogP contribution in [0.5, 0.6) is 0 Å². The molecule has 0 bridgehead atoms. The van der Waals surface area contributed by atoms with E-state index in [-0.39, 0.29) is 23.1 Å². The Morgan fingerprint density at radius 2 is 2.00 bits per heavy atom. The van der Waals surface area contributed by atoms with Crippen LogP contribution < -0.4 is 0 Å². The van der Waals surface area contributed by atoms with Gasteiger partial charge in [0.1, 0.15) is 11.6 Å². The molecule has 1 N–H and O–H groups in total. The van der Waals surface area contributed by atoms with E-state index in [1.54, 1.807) is 12.3 Å². The van der Waals surface area contributed by atoms with Crippen LogP contribution in [-0.2, 0) is 4.79 Å². The van der Waals surface area contributed by atoms with Gasteiger partial charge in [-0.3, -0.25) is 9.78 Å². The minimum absolute atomic E-state index is 0.0218. The molecule has 0 amide bonds. The number of fused-ring (bicyclic) bond motifs is 2. The number of halogens is 1. The first-order valence-corrected chi connectivity index (χ1v) is 10.5. The van der Waals surface area contributed by atoms with Gasteiger partial charge in [0.2, 0.25) is 0 Å². The summed E-state index contributed by atoms with van der Waals surface area (Å²) in [5.74, 6) is 1.19. The van der Waals surface area contributed by atoms with E-state index in [1.807, 2.05) is 6.07 Å². The highest BCUT2D eigenvalue weighted by Crippen LogP contribution is 2.54. The highest BCUT2D eigenvalue weighted by Gasteiger charge is 2.48. The minimum Gasteiger partial charge on any atom is -0.392 e. The number of aliphatic hydroxyl groups is 1. The molecular formula is C24H30FNO2. The van der Waals surface area contributed by atoms with Crippen molar-refractivity contribution >= 4 is 16.7 Å². The highest BCUT2D eigenvalue weighted by atomic mass is 19.1. The zero-order valence-electron chi connectivity index (χ0n) is 17.0. The molecule has 2 saturated carbocycles. The van der Waals surface area contributed by atoms with Crippen LogP contribution in [0.4, 0.5) is 4.39 Å². The average Bonchev–Trinajstić information content (AvgIpc) is 3.11. The number of benzene rings is 1. The Hall–Kier alpha value is -1.81. The third-order valence-corrected chi connectivity index (χ3v) is 6.64. The van der Waals surface area contributed by atoms with Crippen LogP contribution in [0.3, 0.4) is 0 Å². The van der Waals surface area contributed by atoms with Gasteiger partial charge >= 0.3 is 0 Å². The third kappa shape index (κ3) is 3.84. The summed E-state index contributed by atoms with van der Waals surface area (Å²) in [7, 11) is 0. The molecule has 5 atom stereocenters. The number of nitrogens with zero attached hydrogens (tertiary/aromatic N) is 1. The minimum atomic E-state index is -0.429. The summed E-state index contributed by atoms with van der Waals surface area (Å²) in [6.07, 6.45) is 5.45. The standard InChI is InChI=1S/C24H30FNO2/c1-24(2,3)13-17(27)9-14-8-15-11-21(23(28)19(15)10-14)18-6-7-26-22-5-4-16(25)12-20(18)22/h4-7,12,14-15,19,21,23,28H,8-11,13H2,1-3H3/t14-,15+,19+,21+,23?/m0/s1. The quantitative estimate of drug-likeness (QED) is 0.783. The third-order valence-electron chi connectivity index (χ3n) is 6.64.